The van der Waals surface area contributed by atoms with Crippen LogP contribution in [0, 0.1) is 0 Å². The molecule has 0 atom stereocenters. The van der Waals surface area contributed by atoms with Crippen molar-refractivity contribution in [1.82, 2.24) is 0 Å². The second-order valence-corrected chi connectivity index (χ2v) is 3.79. The van der Waals surface area contributed by atoms with Crippen LogP contribution in [0.15, 0.2) is 28.7 Å². The van der Waals surface area contributed by atoms with Crippen molar-refractivity contribution in [3.63, 3.8) is 0 Å². The molecule has 4 N–H and O–H groups in total. The summed E-state index contributed by atoms with van der Waals surface area (Å²) in [6.07, 6.45) is 0. The predicted octanol–water partition coefficient (Wildman–Crippen LogP) is 2.41. The summed E-state index contributed by atoms with van der Waals surface area (Å²) in [4.78, 5) is 0. The Labute approximate surface area is 94.8 Å². The van der Waals surface area contributed by atoms with Crippen LogP contribution < -0.4 is 0 Å². The molecule has 2 aromatic carbocycles. The molecule has 1 aromatic heterocycles. The van der Waals surface area contributed by atoms with Crippen molar-refractivity contribution in [2.75, 3.05) is 0 Å². The van der Waals surface area contributed by atoms with Gasteiger partial charge >= 0.3 is 0 Å². The molecular formula is C12H8O5. The maximum Gasteiger partial charge on any atom is 0.177 e. The number of hydrogen-bond acceptors (Lipinski definition) is 5. The van der Waals surface area contributed by atoms with Gasteiger partial charge in [-0.15, -0.1) is 0 Å². The summed E-state index contributed by atoms with van der Waals surface area (Å²) < 4.78 is 5.30. The molecule has 0 aliphatic heterocycles. The first kappa shape index (κ1) is 9.65. The van der Waals surface area contributed by atoms with Gasteiger partial charge in [-0.3, -0.25) is 0 Å². The van der Waals surface area contributed by atoms with Gasteiger partial charge in [0.05, 0.1) is 0 Å². The van der Waals surface area contributed by atoms with Crippen LogP contribution in [0.2, 0.25) is 0 Å². The molecular weight excluding hydrogens is 224 g/mol. The zero-order chi connectivity index (χ0) is 12.2. The molecule has 0 saturated heterocycles. The van der Waals surface area contributed by atoms with Gasteiger partial charge in [-0.1, -0.05) is 0 Å². The van der Waals surface area contributed by atoms with Crippen molar-refractivity contribution in [1.29, 1.82) is 0 Å². The van der Waals surface area contributed by atoms with Gasteiger partial charge in [-0.2, -0.15) is 0 Å². The Kier molecular flexibility index (Phi) is 1.69. The third-order valence-electron chi connectivity index (χ3n) is 2.60. The monoisotopic (exact) mass is 232 g/mol. The molecule has 86 valence electrons. The minimum Gasteiger partial charge on any atom is -0.508 e. The summed E-state index contributed by atoms with van der Waals surface area (Å²) in [7, 11) is 0. The van der Waals surface area contributed by atoms with E-state index in [-0.39, 0.29) is 34.2 Å². The van der Waals surface area contributed by atoms with Crippen molar-refractivity contribution in [3.05, 3.63) is 24.3 Å². The van der Waals surface area contributed by atoms with Crippen LogP contribution in [0.25, 0.3) is 21.9 Å². The summed E-state index contributed by atoms with van der Waals surface area (Å²) in [5.41, 5.74) is 0.303. The molecule has 0 amide bonds. The summed E-state index contributed by atoms with van der Waals surface area (Å²) in [5, 5.41) is 38.9. The molecule has 1 heterocycles. The van der Waals surface area contributed by atoms with Crippen LogP contribution in [0.5, 0.6) is 23.0 Å². The van der Waals surface area contributed by atoms with Crippen LogP contribution in [0.3, 0.4) is 0 Å². The van der Waals surface area contributed by atoms with E-state index in [4.69, 9.17) is 4.42 Å². The van der Waals surface area contributed by atoms with E-state index in [9.17, 15) is 20.4 Å². The van der Waals surface area contributed by atoms with Gasteiger partial charge in [0.25, 0.3) is 0 Å². The zero-order valence-corrected chi connectivity index (χ0v) is 8.51. The van der Waals surface area contributed by atoms with Gasteiger partial charge in [-0.25, -0.2) is 0 Å². The lowest BCUT2D eigenvalue weighted by Crippen LogP contribution is -1.70. The Balaban J connectivity index is 2.60. The number of aromatic hydroxyl groups is 4. The van der Waals surface area contributed by atoms with Crippen LogP contribution in [-0.4, -0.2) is 20.4 Å². The largest absolute Gasteiger partial charge is 0.508 e. The normalized spacial score (nSPS) is 11.3. The van der Waals surface area contributed by atoms with Crippen LogP contribution in [-0.2, 0) is 0 Å². The highest BCUT2D eigenvalue weighted by atomic mass is 16.4. The van der Waals surface area contributed by atoms with Gasteiger partial charge < -0.3 is 24.8 Å². The third-order valence-corrected chi connectivity index (χ3v) is 2.60. The smallest absolute Gasteiger partial charge is 0.177 e. The van der Waals surface area contributed by atoms with Crippen molar-refractivity contribution in [3.8, 4) is 23.0 Å². The van der Waals surface area contributed by atoms with Gasteiger partial charge in [0.15, 0.2) is 22.7 Å². The first-order valence-corrected chi connectivity index (χ1v) is 4.86. The van der Waals surface area contributed by atoms with Crippen LogP contribution in [0.1, 0.15) is 0 Å². The second-order valence-electron chi connectivity index (χ2n) is 3.79. The Bertz CT molecular complexity index is 679. The molecule has 0 spiro atoms. The van der Waals surface area contributed by atoms with E-state index < -0.39 is 0 Å². The molecule has 3 rings (SSSR count). The van der Waals surface area contributed by atoms with Crippen molar-refractivity contribution < 1.29 is 24.8 Å². The Morgan fingerprint density at radius 3 is 1.47 bits per heavy atom. The molecule has 5 heteroatoms. The van der Waals surface area contributed by atoms with E-state index in [0.717, 1.165) is 12.1 Å². The Morgan fingerprint density at radius 1 is 0.647 bits per heavy atom. The number of benzene rings is 2. The molecule has 0 saturated carbocycles. The summed E-state index contributed by atoms with van der Waals surface area (Å²) >= 11 is 0. The molecule has 0 aliphatic rings. The maximum absolute atomic E-state index is 9.62. The fourth-order valence-electron chi connectivity index (χ4n) is 1.91. The Hall–Kier alpha value is -2.56. The Morgan fingerprint density at radius 2 is 1.06 bits per heavy atom. The van der Waals surface area contributed by atoms with E-state index in [1.54, 1.807) is 0 Å². The lowest BCUT2D eigenvalue weighted by atomic mass is 10.1. The van der Waals surface area contributed by atoms with E-state index in [2.05, 4.69) is 0 Å². The highest BCUT2D eigenvalue weighted by Crippen LogP contribution is 2.41. The SMILES string of the molecule is Oc1cc(O)c2oc3c(O)cc(O)cc3c2c1. The van der Waals surface area contributed by atoms with Crippen LogP contribution in [0.4, 0.5) is 0 Å². The molecule has 0 aliphatic carbocycles. The van der Waals surface area contributed by atoms with Gasteiger partial charge in [0, 0.05) is 22.9 Å². The quantitative estimate of drug-likeness (QED) is 0.477. The second kappa shape index (κ2) is 2.98. The highest BCUT2D eigenvalue weighted by molar-refractivity contribution is 6.09. The first-order valence-electron chi connectivity index (χ1n) is 4.86. The van der Waals surface area contributed by atoms with Crippen molar-refractivity contribution in [2.24, 2.45) is 0 Å². The molecule has 0 unspecified atom stereocenters. The third kappa shape index (κ3) is 1.25. The molecule has 17 heavy (non-hydrogen) atoms. The lowest BCUT2D eigenvalue weighted by molar-refractivity contribution is 0.441. The minimum atomic E-state index is -0.227. The minimum absolute atomic E-state index is 0.125. The molecule has 5 nitrogen and oxygen atoms in total. The van der Waals surface area contributed by atoms with Crippen molar-refractivity contribution >= 4 is 21.9 Å². The number of furan rings is 1. The summed E-state index contributed by atoms with van der Waals surface area (Å²) in [6, 6.07) is 5.06. The average molecular weight is 232 g/mol. The fourth-order valence-corrected chi connectivity index (χ4v) is 1.91. The van der Waals surface area contributed by atoms with Gasteiger partial charge in [0.2, 0.25) is 0 Å². The fraction of sp³-hybridized carbons (Fsp3) is 0. The summed E-state index contributed by atoms with van der Waals surface area (Å²) in [6.45, 7) is 0. The number of hydrogen-bond donors (Lipinski definition) is 4. The molecule has 0 bridgehead atoms. The summed E-state index contributed by atoms with van der Waals surface area (Å²) in [5.74, 6) is -0.703. The van der Waals surface area contributed by atoms with E-state index in [0.29, 0.717) is 10.8 Å². The molecule has 0 radical (unpaired) electrons. The molecule has 0 fully saturated rings. The topological polar surface area (TPSA) is 94.1 Å². The number of rotatable bonds is 0. The van der Waals surface area contributed by atoms with Crippen molar-refractivity contribution in [2.45, 2.75) is 0 Å². The first-order chi connectivity index (χ1) is 8.06. The maximum atomic E-state index is 9.62. The number of phenolic OH excluding ortho intramolecular Hbond substituents is 4. The number of phenols is 4. The van der Waals surface area contributed by atoms with Crippen LogP contribution >= 0.6 is 0 Å². The standard InChI is InChI=1S/C12H8O5/c13-5-1-7-8-2-6(14)4-10(16)12(8)17-11(7)9(15)3-5/h1-4,13-16H. The zero-order valence-electron chi connectivity index (χ0n) is 8.51. The van der Waals surface area contributed by atoms with Gasteiger partial charge in [-0.05, 0) is 12.1 Å². The van der Waals surface area contributed by atoms with E-state index in [1.807, 2.05) is 0 Å². The lowest BCUT2D eigenvalue weighted by Gasteiger charge is -1.96. The average Bonchev–Trinajstić information content (AvgIpc) is 2.58. The molecule has 3 aromatic rings. The van der Waals surface area contributed by atoms with E-state index in [1.165, 1.54) is 12.1 Å². The predicted molar refractivity (Wildman–Crippen MR) is 60.4 cm³/mol. The van der Waals surface area contributed by atoms with E-state index >= 15 is 0 Å². The van der Waals surface area contributed by atoms with Gasteiger partial charge in [0.1, 0.15) is 11.5 Å². The number of fused-ring (bicyclic) bond motifs is 3. The highest BCUT2D eigenvalue weighted by Gasteiger charge is 2.15.